The molecule has 4 aromatic rings. The fraction of sp³-hybridized carbons (Fsp3) is 0.250. The summed E-state index contributed by atoms with van der Waals surface area (Å²) in [6.45, 7) is 2.74. The smallest absolute Gasteiger partial charge is 0.231 e. The van der Waals surface area contributed by atoms with Crippen LogP contribution in [0.15, 0.2) is 47.1 Å². The van der Waals surface area contributed by atoms with Crippen LogP contribution in [0.1, 0.15) is 23.9 Å². The van der Waals surface area contributed by atoms with Gasteiger partial charge in [0.15, 0.2) is 11.6 Å². The van der Waals surface area contributed by atoms with Crippen molar-refractivity contribution in [2.75, 3.05) is 23.9 Å². The molecule has 5 heterocycles. The van der Waals surface area contributed by atoms with Gasteiger partial charge in [-0.2, -0.15) is 15.1 Å². The molecule has 1 aliphatic heterocycles. The fourth-order valence-corrected chi connectivity index (χ4v) is 3.33. The summed E-state index contributed by atoms with van der Waals surface area (Å²) in [6, 6.07) is 11.2. The summed E-state index contributed by atoms with van der Waals surface area (Å²) >= 11 is 0. The van der Waals surface area contributed by atoms with Crippen molar-refractivity contribution in [1.82, 2.24) is 30.3 Å². The van der Waals surface area contributed by atoms with E-state index in [-0.39, 0.29) is 6.04 Å². The molecule has 0 aromatic carbocycles. The summed E-state index contributed by atoms with van der Waals surface area (Å²) in [4.78, 5) is 15.5. The lowest BCUT2D eigenvalue weighted by molar-refractivity contribution is 0.314. The molecular formula is C20H20N8O2. The molecule has 0 aliphatic carbocycles. The van der Waals surface area contributed by atoms with Crippen LogP contribution in [0.3, 0.4) is 0 Å². The third-order valence-electron chi connectivity index (χ3n) is 4.92. The molecule has 1 aliphatic rings. The Labute approximate surface area is 172 Å². The van der Waals surface area contributed by atoms with Crippen molar-refractivity contribution >= 4 is 17.6 Å². The van der Waals surface area contributed by atoms with Crippen LogP contribution in [0.5, 0.6) is 5.88 Å². The van der Waals surface area contributed by atoms with Gasteiger partial charge >= 0.3 is 0 Å². The summed E-state index contributed by atoms with van der Waals surface area (Å²) in [5.74, 6) is 3.05. The molecule has 1 saturated heterocycles. The highest BCUT2D eigenvalue weighted by Gasteiger charge is 2.35. The maximum atomic E-state index is 5.61. The molecule has 152 valence electrons. The van der Waals surface area contributed by atoms with Crippen LogP contribution in [0.2, 0.25) is 0 Å². The molecule has 0 amide bonds. The summed E-state index contributed by atoms with van der Waals surface area (Å²) in [5.41, 5.74) is 2.44. The molecule has 10 heteroatoms. The molecule has 5 rings (SSSR count). The fourth-order valence-electron chi connectivity index (χ4n) is 3.33. The van der Waals surface area contributed by atoms with Gasteiger partial charge in [0, 0.05) is 36.6 Å². The van der Waals surface area contributed by atoms with Crippen LogP contribution in [-0.2, 0) is 0 Å². The van der Waals surface area contributed by atoms with E-state index in [2.05, 4.69) is 40.5 Å². The Hall–Kier alpha value is -3.95. The van der Waals surface area contributed by atoms with Crippen molar-refractivity contribution in [3.05, 3.63) is 54.0 Å². The first kappa shape index (κ1) is 18.1. The number of anilines is 3. The molecule has 10 nitrogen and oxygen atoms in total. The van der Waals surface area contributed by atoms with Crippen LogP contribution in [0, 0.1) is 6.92 Å². The minimum atomic E-state index is 0.00236. The van der Waals surface area contributed by atoms with E-state index in [1.807, 2.05) is 37.3 Å². The van der Waals surface area contributed by atoms with Crippen molar-refractivity contribution < 1.29 is 9.26 Å². The SMILES string of the molecule is COc1cc(Nc2cc(C)[nH]n2)nc(N2CCC2c2cc(-c3ccccn3)no2)n1. The van der Waals surface area contributed by atoms with Crippen molar-refractivity contribution in [3.63, 3.8) is 0 Å². The number of nitrogens with zero attached hydrogens (tertiary/aromatic N) is 6. The number of methoxy groups -OCH3 is 1. The van der Waals surface area contributed by atoms with E-state index < -0.39 is 0 Å². The number of nitrogens with one attached hydrogen (secondary N) is 2. The van der Waals surface area contributed by atoms with Gasteiger partial charge in [0.05, 0.1) is 18.8 Å². The van der Waals surface area contributed by atoms with E-state index in [1.54, 1.807) is 19.4 Å². The van der Waals surface area contributed by atoms with E-state index in [9.17, 15) is 0 Å². The lowest BCUT2D eigenvalue weighted by Crippen LogP contribution is -2.42. The predicted molar refractivity (Wildman–Crippen MR) is 110 cm³/mol. The lowest BCUT2D eigenvalue weighted by atomic mass is 10.0. The van der Waals surface area contributed by atoms with Crippen LogP contribution in [0.25, 0.3) is 11.4 Å². The molecular weight excluding hydrogens is 384 g/mol. The molecule has 0 radical (unpaired) electrons. The highest BCUT2D eigenvalue weighted by molar-refractivity contribution is 5.57. The second kappa shape index (κ2) is 7.47. The molecule has 1 atom stereocenters. The van der Waals surface area contributed by atoms with E-state index in [4.69, 9.17) is 9.26 Å². The van der Waals surface area contributed by atoms with E-state index in [1.165, 1.54) is 0 Å². The van der Waals surface area contributed by atoms with Gasteiger partial charge in [-0.3, -0.25) is 10.1 Å². The van der Waals surface area contributed by atoms with Crippen molar-refractivity contribution in [1.29, 1.82) is 0 Å². The van der Waals surface area contributed by atoms with Crippen LogP contribution in [-0.4, -0.2) is 44.0 Å². The summed E-state index contributed by atoms with van der Waals surface area (Å²) in [7, 11) is 1.58. The Bertz CT molecular complexity index is 1160. The number of hydrogen-bond acceptors (Lipinski definition) is 9. The van der Waals surface area contributed by atoms with Gasteiger partial charge in [-0.25, -0.2) is 0 Å². The Kier molecular flexibility index (Phi) is 4.51. The maximum absolute atomic E-state index is 5.61. The maximum Gasteiger partial charge on any atom is 0.231 e. The highest BCUT2D eigenvalue weighted by atomic mass is 16.5. The second-order valence-electron chi connectivity index (χ2n) is 6.98. The minimum absolute atomic E-state index is 0.00236. The Morgan fingerprint density at radius 2 is 2.10 bits per heavy atom. The number of ether oxygens (including phenoxy) is 1. The number of H-pyrrole nitrogens is 1. The van der Waals surface area contributed by atoms with E-state index >= 15 is 0 Å². The van der Waals surface area contributed by atoms with E-state index in [0.717, 1.165) is 30.1 Å². The summed E-state index contributed by atoms with van der Waals surface area (Å²) in [5, 5.41) is 14.4. The normalized spacial score (nSPS) is 15.7. The molecule has 30 heavy (non-hydrogen) atoms. The summed E-state index contributed by atoms with van der Waals surface area (Å²) in [6.07, 6.45) is 2.65. The van der Waals surface area contributed by atoms with Gasteiger partial charge in [0.25, 0.3) is 0 Å². The van der Waals surface area contributed by atoms with Crippen molar-refractivity contribution in [2.45, 2.75) is 19.4 Å². The zero-order chi connectivity index (χ0) is 20.5. The van der Waals surface area contributed by atoms with Gasteiger partial charge < -0.3 is 19.5 Å². The number of hydrogen-bond donors (Lipinski definition) is 2. The zero-order valence-electron chi connectivity index (χ0n) is 16.5. The molecule has 2 N–H and O–H groups in total. The first-order valence-corrected chi connectivity index (χ1v) is 9.56. The monoisotopic (exact) mass is 404 g/mol. The Morgan fingerprint density at radius 1 is 1.17 bits per heavy atom. The van der Waals surface area contributed by atoms with Crippen molar-refractivity contribution in [2.24, 2.45) is 0 Å². The molecule has 0 bridgehead atoms. The molecule has 4 aromatic heterocycles. The van der Waals surface area contributed by atoms with Crippen LogP contribution in [0.4, 0.5) is 17.6 Å². The second-order valence-corrected chi connectivity index (χ2v) is 6.98. The average Bonchev–Trinajstić information content (AvgIpc) is 3.37. The molecule has 0 spiro atoms. The molecule has 1 fully saturated rings. The predicted octanol–water partition coefficient (Wildman–Crippen LogP) is 3.26. The average molecular weight is 404 g/mol. The van der Waals surface area contributed by atoms with Crippen LogP contribution >= 0.6 is 0 Å². The number of pyridine rings is 1. The molecule has 0 saturated carbocycles. The van der Waals surface area contributed by atoms with E-state index in [0.29, 0.717) is 29.2 Å². The third kappa shape index (κ3) is 3.43. The van der Waals surface area contributed by atoms with Gasteiger partial charge in [-0.15, -0.1) is 0 Å². The largest absolute Gasteiger partial charge is 0.481 e. The highest BCUT2D eigenvalue weighted by Crippen LogP contribution is 2.38. The van der Waals surface area contributed by atoms with Gasteiger partial charge in [0.1, 0.15) is 11.5 Å². The van der Waals surface area contributed by atoms with Crippen molar-refractivity contribution in [3.8, 4) is 17.3 Å². The van der Waals surface area contributed by atoms with Gasteiger partial charge in [0.2, 0.25) is 11.8 Å². The van der Waals surface area contributed by atoms with Gasteiger partial charge in [-0.1, -0.05) is 11.2 Å². The number of aromatic nitrogens is 6. The Morgan fingerprint density at radius 3 is 2.80 bits per heavy atom. The number of aromatic amines is 1. The first-order valence-electron chi connectivity index (χ1n) is 9.56. The van der Waals surface area contributed by atoms with Crippen LogP contribution < -0.4 is 15.0 Å². The minimum Gasteiger partial charge on any atom is -0.481 e. The quantitative estimate of drug-likeness (QED) is 0.499. The zero-order valence-corrected chi connectivity index (χ0v) is 16.5. The standard InChI is InChI=1S/C20H20N8O2/c1-12-9-18(26-25-12)22-17-11-19(29-2)24-20(23-17)28-8-6-15(28)16-10-14(27-30-16)13-5-3-4-7-21-13/h3-5,7,9-11,15H,6,8H2,1-2H3,(H2,22,23,24,25,26). The number of aryl methyl sites for hydroxylation is 1. The lowest BCUT2D eigenvalue weighted by Gasteiger charge is -2.39. The first-order chi connectivity index (χ1) is 14.7. The third-order valence-corrected chi connectivity index (χ3v) is 4.92. The van der Waals surface area contributed by atoms with Gasteiger partial charge in [-0.05, 0) is 25.5 Å². The molecule has 1 unspecified atom stereocenters. The Balaban J connectivity index is 1.40. The topological polar surface area (TPSA) is 118 Å². The number of rotatable bonds is 6. The summed E-state index contributed by atoms with van der Waals surface area (Å²) < 4.78 is 11.0.